The van der Waals surface area contributed by atoms with Crippen molar-refractivity contribution in [3.63, 3.8) is 0 Å². The van der Waals surface area contributed by atoms with Crippen molar-refractivity contribution in [1.29, 1.82) is 0 Å². The van der Waals surface area contributed by atoms with Gasteiger partial charge in [-0.1, -0.05) is 29.8 Å². The Morgan fingerprint density at radius 3 is 2.84 bits per heavy atom. The lowest BCUT2D eigenvalue weighted by Gasteiger charge is -2.15. The van der Waals surface area contributed by atoms with Crippen LogP contribution in [0.4, 0.5) is 5.69 Å². The van der Waals surface area contributed by atoms with E-state index in [2.05, 4.69) is 11.4 Å². The molecule has 19 heavy (non-hydrogen) atoms. The largest absolute Gasteiger partial charge is 0.389 e. The second-order valence-corrected chi connectivity index (χ2v) is 5.10. The molecule has 1 aromatic rings. The number of rotatable bonds is 4. The zero-order valence-corrected chi connectivity index (χ0v) is 11.4. The minimum Gasteiger partial charge on any atom is -0.389 e. The highest BCUT2D eigenvalue weighted by molar-refractivity contribution is 5.93. The molecule has 0 fully saturated rings. The van der Waals surface area contributed by atoms with Crippen LogP contribution in [-0.2, 0) is 4.79 Å². The van der Waals surface area contributed by atoms with Gasteiger partial charge in [0.05, 0.1) is 6.10 Å². The van der Waals surface area contributed by atoms with Gasteiger partial charge in [-0.3, -0.25) is 4.79 Å². The minimum absolute atomic E-state index is 0.00116. The molecule has 0 bridgehead atoms. The fourth-order valence-electron chi connectivity index (χ4n) is 2.44. The number of aliphatic hydroxyl groups is 1. The van der Waals surface area contributed by atoms with Gasteiger partial charge in [-0.2, -0.15) is 0 Å². The highest BCUT2D eigenvalue weighted by Crippen LogP contribution is 2.24. The molecule has 0 saturated carbocycles. The van der Waals surface area contributed by atoms with Gasteiger partial charge in [0.1, 0.15) is 0 Å². The van der Waals surface area contributed by atoms with Crippen LogP contribution in [0.15, 0.2) is 35.9 Å². The van der Waals surface area contributed by atoms with E-state index in [9.17, 15) is 9.90 Å². The van der Waals surface area contributed by atoms with Crippen molar-refractivity contribution in [2.24, 2.45) is 0 Å². The number of benzene rings is 1. The van der Waals surface area contributed by atoms with Crippen molar-refractivity contribution in [2.75, 3.05) is 5.32 Å². The summed E-state index contributed by atoms with van der Waals surface area (Å²) in [6, 6.07) is 7.39. The maximum atomic E-state index is 12.0. The summed E-state index contributed by atoms with van der Waals surface area (Å²) < 4.78 is 0. The van der Waals surface area contributed by atoms with Crippen molar-refractivity contribution >= 4 is 11.6 Å². The molecule has 3 heteroatoms. The normalized spacial score (nSPS) is 16.6. The minimum atomic E-state index is -0.578. The van der Waals surface area contributed by atoms with Gasteiger partial charge in [-0.05, 0) is 38.7 Å². The van der Waals surface area contributed by atoms with E-state index in [4.69, 9.17) is 0 Å². The molecule has 0 aliphatic heterocycles. The molecule has 0 aromatic heterocycles. The van der Waals surface area contributed by atoms with E-state index in [1.807, 2.05) is 24.3 Å². The molecule has 1 aliphatic rings. The third-order valence-electron chi connectivity index (χ3n) is 3.46. The van der Waals surface area contributed by atoms with Gasteiger partial charge < -0.3 is 10.4 Å². The molecule has 0 heterocycles. The van der Waals surface area contributed by atoms with Crippen molar-refractivity contribution < 1.29 is 9.90 Å². The first-order valence-corrected chi connectivity index (χ1v) is 6.91. The number of aliphatic hydroxyl groups excluding tert-OH is 1. The lowest BCUT2D eigenvalue weighted by Crippen LogP contribution is -2.14. The first-order valence-electron chi connectivity index (χ1n) is 6.91. The van der Waals surface area contributed by atoms with E-state index >= 15 is 0 Å². The van der Waals surface area contributed by atoms with Crippen molar-refractivity contribution in [3.05, 3.63) is 41.5 Å². The molecule has 2 rings (SSSR count). The molecule has 0 saturated heterocycles. The molecule has 0 radical (unpaired) electrons. The molecule has 3 nitrogen and oxygen atoms in total. The molecular weight excluding hydrogens is 238 g/mol. The lowest BCUT2D eigenvalue weighted by molar-refractivity contribution is -0.115. The van der Waals surface area contributed by atoms with Crippen LogP contribution in [0.5, 0.6) is 0 Å². The predicted octanol–water partition coefficient (Wildman–Crippen LogP) is 3.57. The zero-order chi connectivity index (χ0) is 13.7. The Morgan fingerprint density at radius 1 is 1.37 bits per heavy atom. The number of carbonyl (C=O) groups excluding carboxylic acids is 1. The van der Waals surface area contributed by atoms with Crippen LogP contribution in [0, 0.1) is 0 Å². The number of para-hydroxylation sites is 1. The summed E-state index contributed by atoms with van der Waals surface area (Å²) in [5, 5.41) is 12.6. The molecule has 1 unspecified atom stereocenters. The molecule has 2 N–H and O–H groups in total. The SMILES string of the molecule is CC(O)c1ccccc1NC(=O)CC1=CCCCC1. The van der Waals surface area contributed by atoms with E-state index in [0.717, 1.165) is 18.4 Å². The van der Waals surface area contributed by atoms with E-state index in [1.165, 1.54) is 18.4 Å². The third kappa shape index (κ3) is 3.93. The Hall–Kier alpha value is -1.61. The second kappa shape index (κ2) is 6.53. The molecule has 1 atom stereocenters. The molecule has 1 aliphatic carbocycles. The van der Waals surface area contributed by atoms with Gasteiger partial charge in [0, 0.05) is 17.7 Å². The number of carbonyl (C=O) groups is 1. The van der Waals surface area contributed by atoms with E-state index in [-0.39, 0.29) is 5.91 Å². The number of nitrogens with one attached hydrogen (secondary N) is 1. The van der Waals surface area contributed by atoms with Crippen molar-refractivity contribution in [2.45, 2.75) is 45.1 Å². The summed E-state index contributed by atoms with van der Waals surface area (Å²) in [7, 11) is 0. The quantitative estimate of drug-likeness (QED) is 0.812. The van der Waals surface area contributed by atoms with E-state index in [0.29, 0.717) is 12.1 Å². The van der Waals surface area contributed by atoms with Crippen molar-refractivity contribution in [1.82, 2.24) is 0 Å². The maximum absolute atomic E-state index is 12.0. The third-order valence-corrected chi connectivity index (χ3v) is 3.46. The van der Waals surface area contributed by atoms with Gasteiger partial charge in [0.15, 0.2) is 0 Å². The van der Waals surface area contributed by atoms with Gasteiger partial charge in [-0.25, -0.2) is 0 Å². The highest BCUT2D eigenvalue weighted by atomic mass is 16.3. The Labute approximate surface area is 114 Å². The van der Waals surface area contributed by atoms with Gasteiger partial charge >= 0.3 is 0 Å². The molecule has 1 aromatic carbocycles. The second-order valence-electron chi connectivity index (χ2n) is 5.10. The van der Waals surface area contributed by atoms with Crippen LogP contribution >= 0.6 is 0 Å². The summed E-state index contributed by atoms with van der Waals surface area (Å²) in [6.07, 6.45) is 6.61. The van der Waals surface area contributed by atoms with Crippen LogP contribution < -0.4 is 5.32 Å². The standard InChI is InChI=1S/C16H21NO2/c1-12(18)14-9-5-6-10-15(14)17-16(19)11-13-7-3-2-4-8-13/h5-7,9-10,12,18H,2-4,8,11H2,1H3,(H,17,19). The first-order chi connectivity index (χ1) is 9.16. The summed E-state index contributed by atoms with van der Waals surface area (Å²) in [4.78, 5) is 12.0. The molecule has 102 valence electrons. The molecular formula is C16H21NO2. The zero-order valence-electron chi connectivity index (χ0n) is 11.4. The summed E-state index contributed by atoms with van der Waals surface area (Å²) >= 11 is 0. The van der Waals surface area contributed by atoms with Gasteiger partial charge in [0.2, 0.25) is 5.91 Å². The fraction of sp³-hybridized carbons (Fsp3) is 0.438. The fourth-order valence-corrected chi connectivity index (χ4v) is 2.44. The van der Waals surface area contributed by atoms with Crippen molar-refractivity contribution in [3.8, 4) is 0 Å². The summed E-state index contributed by atoms with van der Waals surface area (Å²) in [5.74, 6) is 0.00116. The molecule has 1 amide bonds. The average molecular weight is 259 g/mol. The van der Waals surface area contributed by atoms with Gasteiger partial charge in [-0.15, -0.1) is 0 Å². The number of hydrogen-bond acceptors (Lipinski definition) is 2. The van der Waals surface area contributed by atoms with E-state index < -0.39 is 6.10 Å². The Balaban J connectivity index is 2.00. The summed E-state index contributed by atoms with van der Waals surface area (Å²) in [6.45, 7) is 1.70. The number of amides is 1. The first kappa shape index (κ1) is 13.8. The van der Waals surface area contributed by atoms with Crippen LogP contribution in [0.25, 0.3) is 0 Å². The summed E-state index contributed by atoms with van der Waals surface area (Å²) in [5.41, 5.74) is 2.70. The average Bonchev–Trinajstić information content (AvgIpc) is 2.40. The smallest absolute Gasteiger partial charge is 0.228 e. The van der Waals surface area contributed by atoms with Crippen LogP contribution in [0.2, 0.25) is 0 Å². The molecule has 0 spiro atoms. The van der Waals surface area contributed by atoms with E-state index in [1.54, 1.807) is 6.92 Å². The Bertz CT molecular complexity index is 477. The predicted molar refractivity (Wildman–Crippen MR) is 76.9 cm³/mol. The number of anilines is 1. The maximum Gasteiger partial charge on any atom is 0.228 e. The number of allylic oxidation sites excluding steroid dienone is 1. The lowest BCUT2D eigenvalue weighted by atomic mass is 9.97. The Morgan fingerprint density at radius 2 is 2.16 bits per heavy atom. The monoisotopic (exact) mass is 259 g/mol. The van der Waals surface area contributed by atoms with Gasteiger partial charge in [0.25, 0.3) is 0 Å². The van der Waals surface area contributed by atoms with Crippen LogP contribution in [0.1, 0.15) is 50.7 Å². The Kier molecular flexibility index (Phi) is 4.74. The topological polar surface area (TPSA) is 49.3 Å². The van der Waals surface area contributed by atoms with Crippen LogP contribution in [0.3, 0.4) is 0 Å². The number of hydrogen-bond donors (Lipinski definition) is 2. The highest BCUT2D eigenvalue weighted by Gasteiger charge is 2.12. The van der Waals surface area contributed by atoms with Crippen LogP contribution in [-0.4, -0.2) is 11.0 Å².